The van der Waals surface area contributed by atoms with Crippen LogP contribution in [0.2, 0.25) is 0 Å². The second-order valence-electron chi connectivity index (χ2n) is 8.86. The van der Waals surface area contributed by atoms with E-state index in [0.29, 0.717) is 11.4 Å². The van der Waals surface area contributed by atoms with Crippen molar-refractivity contribution in [2.75, 3.05) is 10.8 Å². The molecule has 1 amide bonds. The molecule has 3 aromatic rings. The molecule has 0 aliphatic rings. The molecule has 0 bridgehead atoms. The molecule has 1 N–H and O–H groups in total. The SMILES string of the molecule is C/C(=N/NC(=O)CN(c1ccc(Br)cc1)S(=O)(=O)c1ccccc1)c1ccc(C(C)(C)C)cc1. The van der Waals surface area contributed by atoms with Crippen LogP contribution in [0.15, 0.2) is 93.3 Å². The van der Waals surface area contributed by atoms with Gasteiger partial charge < -0.3 is 0 Å². The van der Waals surface area contributed by atoms with Gasteiger partial charge in [-0.3, -0.25) is 9.10 Å². The Morgan fingerprint density at radius 1 is 0.941 bits per heavy atom. The Bertz CT molecular complexity index is 1270. The molecule has 0 aromatic heterocycles. The molecule has 0 atom stereocenters. The third kappa shape index (κ3) is 6.33. The maximum absolute atomic E-state index is 13.3. The molecular weight excluding hydrogens is 514 g/mol. The molecule has 178 valence electrons. The third-order valence-corrected chi connectivity index (χ3v) is 7.57. The van der Waals surface area contributed by atoms with Crippen LogP contribution in [-0.4, -0.2) is 26.6 Å². The van der Waals surface area contributed by atoms with Crippen molar-refractivity contribution in [3.63, 3.8) is 0 Å². The van der Waals surface area contributed by atoms with E-state index >= 15 is 0 Å². The number of rotatable bonds is 7. The van der Waals surface area contributed by atoms with E-state index in [9.17, 15) is 13.2 Å². The van der Waals surface area contributed by atoms with Gasteiger partial charge >= 0.3 is 0 Å². The third-order valence-electron chi connectivity index (χ3n) is 5.25. The van der Waals surface area contributed by atoms with Crippen LogP contribution in [0, 0.1) is 0 Å². The van der Waals surface area contributed by atoms with Gasteiger partial charge in [0, 0.05) is 4.47 Å². The maximum Gasteiger partial charge on any atom is 0.264 e. The van der Waals surface area contributed by atoms with Gasteiger partial charge in [-0.15, -0.1) is 0 Å². The number of nitrogens with zero attached hydrogens (tertiary/aromatic N) is 2. The van der Waals surface area contributed by atoms with Crippen molar-refractivity contribution in [3.05, 3.63) is 94.5 Å². The second kappa shape index (κ2) is 10.5. The summed E-state index contributed by atoms with van der Waals surface area (Å²) in [6.07, 6.45) is 0. The second-order valence-corrected chi connectivity index (χ2v) is 11.6. The van der Waals surface area contributed by atoms with Crippen LogP contribution in [0.3, 0.4) is 0 Å². The number of sulfonamides is 1. The lowest BCUT2D eigenvalue weighted by Gasteiger charge is -2.23. The maximum atomic E-state index is 13.3. The highest BCUT2D eigenvalue weighted by molar-refractivity contribution is 9.10. The standard InChI is InChI=1S/C26H28BrN3O3S/c1-19(20-10-12-21(13-11-20)26(2,3)4)28-29-25(31)18-30(23-16-14-22(27)15-17-23)34(32,33)24-8-6-5-7-9-24/h5-17H,18H2,1-4H3,(H,29,31)/b28-19-. The average Bonchev–Trinajstić information content (AvgIpc) is 2.81. The van der Waals surface area contributed by atoms with Gasteiger partial charge in [0.05, 0.1) is 16.3 Å². The number of benzene rings is 3. The van der Waals surface area contributed by atoms with E-state index in [0.717, 1.165) is 14.3 Å². The fourth-order valence-electron chi connectivity index (χ4n) is 3.23. The van der Waals surface area contributed by atoms with Gasteiger partial charge in [-0.1, -0.05) is 79.2 Å². The lowest BCUT2D eigenvalue weighted by molar-refractivity contribution is -0.119. The number of hydrazone groups is 1. The van der Waals surface area contributed by atoms with Crippen molar-refractivity contribution in [2.24, 2.45) is 5.10 Å². The van der Waals surface area contributed by atoms with Gasteiger partial charge in [0.2, 0.25) is 0 Å². The van der Waals surface area contributed by atoms with Crippen LogP contribution in [-0.2, 0) is 20.2 Å². The first kappa shape index (κ1) is 25.6. The largest absolute Gasteiger partial charge is 0.271 e. The van der Waals surface area contributed by atoms with Crippen molar-refractivity contribution in [3.8, 4) is 0 Å². The molecule has 3 rings (SSSR count). The van der Waals surface area contributed by atoms with E-state index in [1.54, 1.807) is 49.4 Å². The molecule has 0 unspecified atom stereocenters. The highest BCUT2D eigenvalue weighted by atomic mass is 79.9. The highest BCUT2D eigenvalue weighted by Gasteiger charge is 2.27. The van der Waals surface area contributed by atoms with E-state index < -0.39 is 22.5 Å². The smallest absolute Gasteiger partial charge is 0.264 e. The van der Waals surface area contributed by atoms with Crippen molar-refractivity contribution in [2.45, 2.75) is 38.0 Å². The Kier molecular flexibility index (Phi) is 7.94. The van der Waals surface area contributed by atoms with Gasteiger partial charge in [-0.05, 0) is 59.9 Å². The minimum atomic E-state index is -3.96. The fourth-order valence-corrected chi connectivity index (χ4v) is 4.94. The molecule has 0 aliphatic carbocycles. The number of anilines is 1. The molecule has 0 fully saturated rings. The topological polar surface area (TPSA) is 78.8 Å². The van der Waals surface area contributed by atoms with Gasteiger partial charge in [-0.2, -0.15) is 5.10 Å². The molecule has 0 aliphatic heterocycles. The zero-order chi connectivity index (χ0) is 24.9. The Morgan fingerprint density at radius 3 is 2.09 bits per heavy atom. The zero-order valence-electron chi connectivity index (χ0n) is 19.6. The predicted octanol–water partition coefficient (Wildman–Crippen LogP) is 5.48. The number of carbonyl (C=O) groups excluding carboxylic acids is 1. The lowest BCUT2D eigenvalue weighted by Crippen LogP contribution is -2.39. The molecule has 0 spiro atoms. The minimum absolute atomic E-state index is 0.0402. The quantitative estimate of drug-likeness (QED) is 0.317. The van der Waals surface area contributed by atoms with Crippen LogP contribution >= 0.6 is 15.9 Å². The molecule has 8 heteroatoms. The number of carbonyl (C=O) groups is 1. The Labute approximate surface area is 209 Å². The van der Waals surface area contributed by atoms with E-state index in [4.69, 9.17) is 0 Å². The van der Waals surface area contributed by atoms with Crippen LogP contribution < -0.4 is 9.73 Å². The van der Waals surface area contributed by atoms with Gasteiger partial charge in [0.25, 0.3) is 15.9 Å². The van der Waals surface area contributed by atoms with Gasteiger partial charge in [-0.25, -0.2) is 13.8 Å². The summed E-state index contributed by atoms with van der Waals surface area (Å²) in [5, 5.41) is 4.19. The molecule has 6 nitrogen and oxygen atoms in total. The summed E-state index contributed by atoms with van der Waals surface area (Å²) in [4.78, 5) is 12.9. The first-order valence-electron chi connectivity index (χ1n) is 10.8. The summed E-state index contributed by atoms with van der Waals surface area (Å²) in [6.45, 7) is 7.80. The van der Waals surface area contributed by atoms with Crippen molar-refractivity contribution in [1.29, 1.82) is 0 Å². The number of hydrogen-bond donors (Lipinski definition) is 1. The number of amides is 1. The summed E-state index contributed by atoms with van der Waals surface area (Å²) in [5.74, 6) is -0.548. The molecular formula is C26H28BrN3O3S. The van der Waals surface area contributed by atoms with Crippen LogP contribution in [0.5, 0.6) is 0 Å². The normalized spacial score (nSPS) is 12.3. The molecule has 34 heavy (non-hydrogen) atoms. The minimum Gasteiger partial charge on any atom is -0.271 e. The zero-order valence-corrected chi connectivity index (χ0v) is 22.0. The molecule has 3 aromatic carbocycles. The fraction of sp³-hybridized carbons (Fsp3) is 0.231. The molecule has 0 radical (unpaired) electrons. The summed E-state index contributed by atoms with van der Waals surface area (Å²) < 4.78 is 28.5. The first-order chi connectivity index (χ1) is 16.0. The summed E-state index contributed by atoms with van der Waals surface area (Å²) >= 11 is 3.35. The van der Waals surface area contributed by atoms with Crippen molar-refractivity contribution in [1.82, 2.24) is 5.43 Å². The Hall–Kier alpha value is -2.97. The molecule has 0 saturated heterocycles. The van der Waals surface area contributed by atoms with E-state index in [2.05, 4.69) is 47.2 Å². The lowest BCUT2D eigenvalue weighted by atomic mass is 9.86. The van der Waals surface area contributed by atoms with Crippen molar-refractivity contribution >= 4 is 43.3 Å². The molecule has 0 heterocycles. The summed E-state index contributed by atoms with van der Waals surface area (Å²) in [5.41, 5.74) is 5.60. The van der Waals surface area contributed by atoms with Crippen LogP contribution in [0.4, 0.5) is 5.69 Å². The van der Waals surface area contributed by atoms with E-state index in [-0.39, 0.29) is 10.3 Å². The van der Waals surface area contributed by atoms with E-state index in [1.807, 2.05) is 24.3 Å². The summed E-state index contributed by atoms with van der Waals surface area (Å²) in [6, 6.07) is 22.8. The predicted molar refractivity (Wildman–Crippen MR) is 141 cm³/mol. The molecule has 0 saturated carbocycles. The Morgan fingerprint density at radius 2 is 1.53 bits per heavy atom. The monoisotopic (exact) mass is 541 g/mol. The van der Waals surface area contributed by atoms with Crippen molar-refractivity contribution < 1.29 is 13.2 Å². The van der Waals surface area contributed by atoms with Gasteiger partial charge in [0.15, 0.2) is 0 Å². The summed E-state index contributed by atoms with van der Waals surface area (Å²) in [7, 11) is -3.96. The van der Waals surface area contributed by atoms with E-state index in [1.165, 1.54) is 17.7 Å². The van der Waals surface area contributed by atoms with Crippen LogP contribution in [0.1, 0.15) is 38.8 Å². The highest BCUT2D eigenvalue weighted by Crippen LogP contribution is 2.25. The number of halogens is 1. The number of nitrogens with one attached hydrogen (secondary N) is 1. The average molecular weight is 542 g/mol. The number of hydrogen-bond acceptors (Lipinski definition) is 4. The first-order valence-corrected chi connectivity index (χ1v) is 13.0. The van der Waals surface area contributed by atoms with Crippen LogP contribution in [0.25, 0.3) is 0 Å². The Balaban J connectivity index is 1.81. The van der Waals surface area contributed by atoms with Gasteiger partial charge in [0.1, 0.15) is 6.54 Å².